The molecule has 3 aromatic carbocycles. The fourth-order valence-electron chi connectivity index (χ4n) is 3.75. The molecule has 3 aromatic rings. The van der Waals surface area contributed by atoms with E-state index in [0.717, 1.165) is 17.4 Å². The number of carboxylic acids is 2. The predicted molar refractivity (Wildman–Crippen MR) is 160 cm³/mol. The second-order valence-corrected chi connectivity index (χ2v) is 9.44. The Labute approximate surface area is 237 Å². The molecule has 1 aliphatic rings. The molecule has 0 heterocycles. The molecule has 8 N–H and O–H groups in total. The SMILES string of the molecule is NC1CCCCC1.NCCCC(N)C(=O)O.O=C(O)Cc1ccccc1.O=Cc1ccc(-c2ccccc2)cc1. The average molecular weight is 550 g/mol. The van der Waals surface area contributed by atoms with Crippen LogP contribution in [0, 0.1) is 0 Å². The van der Waals surface area contributed by atoms with Crippen LogP contribution in [0.25, 0.3) is 11.1 Å². The minimum absolute atomic E-state index is 0.112. The molecule has 216 valence electrons. The van der Waals surface area contributed by atoms with Gasteiger partial charge in [0, 0.05) is 11.6 Å². The lowest BCUT2D eigenvalue weighted by atomic mass is 9.97. The molecule has 4 rings (SSSR count). The minimum Gasteiger partial charge on any atom is -0.481 e. The topological polar surface area (TPSA) is 170 Å². The Morgan fingerprint density at radius 1 is 0.825 bits per heavy atom. The Morgan fingerprint density at radius 3 is 1.77 bits per heavy atom. The first kappa shape index (κ1) is 34.2. The van der Waals surface area contributed by atoms with Crippen LogP contribution in [0.1, 0.15) is 60.9 Å². The molecule has 1 atom stereocenters. The average Bonchev–Trinajstić information content (AvgIpc) is 2.98. The highest BCUT2D eigenvalue weighted by Crippen LogP contribution is 2.18. The van der Waals surface area contributed by atoms with E-state index in [1.165, 1.54) is 37.7 Å². The third-order valence-corrected chi connectivity index (χ3v) is 6.04. The van der Waals surface area contributed by atoms with Gasteiger partial charge in [-0.25, -0.2) is 0 Å². The first-order valence-corrected chi connectivity index (χ1v) is 13.6. The molecule has 8 heteroatoms. The van der Waals surface area contributed by atoms with Crippen molar-refractivity contribution in [3.8, 4) is 11.1 Å². The number of carbonyl (C=O) groups excluding carboxylic acids is 1. The molecule has 1 aliphatic carbocycles. The van der Waals surface area contributed by atoms with Crippen LogP contribution >= 0.6 is 0 Å². The van der Waals surface area contributed by atoms with Gasteiger partial charge < -0.3 is 27.4 Å². The highest BCUT2D eigenvalue weighted by Gasteiger charge is 2.09. The quantitative estimate of drug-likeness (QED) is 0.247. The maximum absolute atomic E-state index is 10.5. The maximum atomic E-state index is 10.5. The Balaban J connectivity index is 0.000000276. The van der Waals surface area contributed by atoms with E-state index in [9.17, 15) is 14.4 Å². The van der Waals surface area contributed by atoms with Gasteiger partial charge in [-0.3, -0.25) is 14.4 Å². The van der Waals surface area contributed by atoms with Gasteiger partial charge in [-0.15, -0.1) is 0 Å². The molecule has 0 bridgehead atoms. The van der Waals surface area contributed by atoms with Gasteiger partial charge >= 0.3 is 11.9 Å². The molecule has 8 nitrogen and oxygen atoms in total. The van der Waals surface area contributed by atoms with E-state index >= 15 is 0 Å². The fraction of sp³-hybridized carbons (Fsp3) is 0.344. The van der Waals surface area contributed by atoms with Crippen LogP contribution in [0.15, 0.2) is 84.9 Å². The summed E-state index contributed by atoms with van der Waals surface area (Å²) in [6.45, 7) is 0.501. The highest BCUT2D eigenvalue weighted by atomic mass is 16.4. The van der Waals surface area contributed by atoms with Crippen molar-refractivity contribution in [2.75, 3.05) is 6.54 Å². The number of hydrogen-bond acceptors (Lipinski definition) is 6. The normalized spacial score (nSPS) is 13.1. The summed E-state index contributed by atoms with van der Waals surface area (Å²) in [5.74, 6) is -1.74. The van der Waals surface area contributed by atoms with E-state index in [1.54, 1.807) is 12.1 Å². The van der Waals surface area contributed by atoms with E-state index in [4.69, 9.17) is 27.4 Å². The van der Waals surface area contributed by atoms with Crippen LogP contribution < -0.4 is 17.2 Å². The summed E-state index contributed by atoms with van der Waals surface area (Å²) in [6, 6.07) is 26.6. The van der Waals surface area contributed by atoms with Gasteiger partial charge in [-0.1, -0.05) is 104 Å². The molecule has 0 aromatic heterocycles. The van der Waals surface area contributed by atoms with Gasteiger partial charge in [0.25, 0.3) is 0 Å². The Hall–Kier alpha value is -3.85. The molecule has 1 fully saturated rings. The van der Waals surface area contributed by atoms with E-state index in [2.05, 4.69) is 12.1 Å². The first-order valence-electron chi connectivity index (χ1n) is 13.6. The van der Waals surface area contributed by atoms with Gasteiger partial charge in [0.1, 0.15) is 12.3 Å². The second-order valence-electron chi connectivity index (χ2n) is 9.44. The third kappa shape index (κ3) is 16.2. The number of hydrogen-bond donors (Lipinski definition) is 5. The number of rotatable bonds is 8. The summed E-state index contributed by atoms with van der Waals surface area (Å²) in [7, 11) is 0. The number of aldehydes is 1. The van der Waals surface area contributed by atoms with E-state index in [1.807, 2.05) is 60.7 Å². The molecule has 0 aliphatic heterocycles. The van der Waals surface area contributed by atoms with Crippen molar-refractivity contribution in [2.24, 2.45) is 17.2 Å². The first-order chi connectivity index (χ1) is 19.3. The van der Waals surface area contributed by atoms with E-state index in [0.29, 0.717) is 31.0 Å². The third-order valence-electron chi connectivity index (χ3n) is 6.04. The summed E-state index contributed by atoms with van der Waals surface area (Å²) < 4.78 is 0. The smallest absolute Gasteiger partial charge is 0.320 e. The molecule has 0 amide bonds. The molecule has 1 saturated carbocycles. The van der Waals surface area contributed by atoms with Crippen LogP contribution in [0.3, 0.4) is 0 Å². The summed E-state index contributed by atoms with van der Waals surface area (Å²) in [5, 5.41) is 16.6. The molecule has 1 unspecified atom stereocenters. The zero-order valence-corrected chi connectivity index (χ0v) is 23.0. The summed E-state index contributed by atoms with van der Waals surface area (Å²) in [4.78, 5) is 30.7. The van der Waals surface area contributed by atoms with Gasteiger partial charge in [-0.2, -0.15) is 0 Å². The van der Waals surface area contributed by atoms with Crippen molar-refractivity contribution in [2.45, 2.75) is 63.5 Å². The predicted octanol–water partition coefficient (Wildman–Crippen LogP) is 4.89. The Kier molecular flexibility index (Phi) is 18.0. The number of benzene rings is 3. The van der Waals surface area contributed by atoms with Crippen LogP contribution in [0.4, 0.5) is 0 Å². The van der Waals surface area contributed by atoms with Crippen molar-refractivity contribution < 1.29 is 24.6 Å². The zero-order valence-electron chi connectivity index (χ0n) is 23.0. The van der Waals surface area contributed by atoms with Crippen molar-refractivity contribution in [3.05, 3.63) is 96.1 Å². The Bertz CT molecular complexity index is 1090. The van der Waals surface area contributed by atoms with Crippen molar-refractivity contribution in [1.29, 1.82) is 0 Å². The zero-order chi connectivity index (χ0) is 29.6. The lowest BCUT2D eigenvalue weighted by Gasteiger charge is -2.15. The van der Waals surface area contributed by atoms with Crippen LogP contribution in [-0.4, -0.2) is 47.1 Å². The monoisotopic (exact) mass is 549 g/mol. The molecule has 0 spiro atoms. The number of carboxylic acid groups (broad SMARTS) is 2. The van der Waals surface area contributed by atoms with Crippen molar-refractivity contribution >= 4 is 18.2 Å². The van der Waals surface area contributed by atoms with Gasteiger partial charge in [0.15, 0.2) is 0 Å². The van der Waals surface area contributed by atoms with Gasteiger partial charge in [0.05, 0.1) is 6.42 Å². The number of carbonyl (C=O) groups is 3. The lowest BCUT2D eigenvalue weighted by molar-refractivity contribution is -0.139. The molecule has 0 radical (unpaired) electrons. The minimum atomic E-state index is -0.955. The van der Waals surface area contributed by atoms with Crippen LogP contribution in [-0.2, 0) is 16.0 Å². The fourth-order valence-corrected chi connectivity index (χ4v) is 3.75. The highest BCUT2D eigenvalue weighted by molar-refractivity contribution is 5.77. The Morgan fingerprint density at radius 2 is 1.35 bits per heavy atom. The molecular weight excluding hydrogens is 506 g/mol. The summed E-state index contributed by atoms with van der Waals surface area (Å²) in [5.41, 5.74) is 19.8. The molecular formula is C32H43N3O5. The van der Waals surface area contributed by atoms with Gasteiger partial charge in [-0.05, 0) is 48.9 Å². The van der Waals surface area contributed by atoms with Crippen LogP contribution in [0.5, 0.6) is 0 Å². The summed E-state index contributed by atoms with van der Waals surface area (Å²) >= 11 is 0. The largest absolute Gasteiger partial charge is 0.481 e. The standard InChI is InChI=1S/C13H10O.C8H8O2.C6H13N.C5H12N2O2/c14-10-11-6-8-13(9-7-11)12-4-2-1-3-5-12;9-8(10)6-7-4-2-1-3-5-7;7-6-4-2-1-3-5-6;6-3-1-2-4(7)5(8)9/h1-10H;1-5H,6H2,(H,9,10);6H,1-5,7H2;4H,1-3,6-7H2,(H,8,9). The summed E-state index contributed by atoms with van der Waals surface area (Å²) in [6.07, 6.45) is 8.77. The molecule has 40 heavy (non-hydrogen) atoms. The van der Waals surface area contributed by atoms with Crippen LogP contribution in [0.2, 0.25) is 0 Å². The second kappa shape index (κ2) is 21.0. The van der Waals surface area contributed by atoms with E-state index in [-0.39, 0.29) is 6.42 Å². The number of nitrogens with two attached hydrogens (primary N) is 3. The lowest BCUT2D eigenvalue weighted by Crippen LogP contribution is -2.30. The number of aliphatic carboxylic acids is 2. The van der Waals surface area contributed by atoms with Gasteiger partial charge in [0.2, 0.25) is 0 Å². The maximum Gasteiger partial charge on any atom is 0.320 e. The molecule has 0 saturated heterocycles. The van der Waals surface area contributed by atoms with Crippen molar-refractivity contribution in [3.63, 3.8) is 0 Å². The van der Waals surface area contributed by atoms with E-state index < -0.39 is 18.0 Å². The van der Waals surface area contributed by atoms with Crippen molar-refractivity contribution in [1.82, 2.24) is 0 Å².